The molecule has 1 aromatic carbocycles. The molecular weight excluding hydrogens is 248 g/mol. The molecule has 1 N–H and O–H groups in total. The van der Waals surface area contributed by atoms with Crippen molar-refractivity contribution < 1.29 is 4.42 Å². The minimum Gasteiger partial charge on any atom is -0.472 e. The van der Waals surface area contributed by atoms with Crippen molar-refractivity contribution in [3.63, 3.8) is 0 Å². The third-order valence-corrected chi connectivity index (χ3v) is 3.68. The number of hydrogen-bond donors (Lipinski definition) is 1. The largest absolute Gasteiger partial charge is 0.472 e. The first-order chi connectivity index (χ1) is 9.79. The van der Waals surface area contributed by atoms with E-state index in [1.54, 1.807) is 6.26 Å². The molecule has 3 rings (SSSR count). The van der Waals surface area contributed by atoms with Crippen LogP contribution in [0, 0.1) is 0 Å². The molecule has 0 aliphatic heterocycles. The number of benzene rings is 1. The van der Waals surface area contributed by atoms with Crippen LogP contribution in [0.2, 0.25) is 0 Å². The fourth-order valence-electron chi connectivity index (χ4n) is 2.37. The standard InChI is InChI=1S/C17H22N2O/c1-19(12-16-8-9-20-13-16)11-15-4-2-14(3-5-15)10-18-17-6-7-17/h2-5,8-9,13,17-18H,6-7,10-12H2,1H3. The van der Waals surface area contributed by atoms with E-state index in [-0.39, 0.29) is 0 Å². The molecule has 0 saturated heterocycles. The molecule has 0 atom stereocenters. The molecule has 3 nitrogen and oxygen atoms in total. The highest BCUT2D eigenvalue weighted by Gasteiger charge is 2.19. The Morgan fingerprint density at radius 2 is 1.75 bits per heavy atom. The predicted octanol–water partition coefficient (Wildman–Crippen LogP) is 3.16. The van der Waals surface area contributed by atoms with E-state index in [0.29, 0.717) is 0 Å². The first-order valence-corrected chi connectivity index (χ1v) is 7.30. The maximum absolute atomic E-state index is 5.10. The third kappa shape index (κ3) is 3.95. The summed E-state index contributed by atoms with van der Waals surface area (Å²) in [5, 5.41) is 3.54. The van der Waals surface area contributed by atoms with E-state index in [4.69, 9.17) is 4.42 Å². The number of nitrogens with one attached hydrogen (secondary N) is 1. The molecule has 20 heavy (non-hydrogen) atoms. The highest BCUT2D eigenvalue weighted by molar-refractivity contribution is 5.22. The second-order valence-corrected chi connectivity index (χ2v) is 5.78. The van der Waals surface area contributed by atoms with Gasteiger partial charge in [0.25, 0.3) is 0 Å². The molecule has 106 valence electrons. The Hall–Kier alpha value is -1.58. The van der Waals surface area contributed by atoms with Gasteiger partial charge in [-0.2, -0.15) is 0 Å². The predicted molar refractivity (Wildman–Crippen MR) is 80.2 cm³/mol. The summed E-state index contributed by atoms with van der Waals surface area (Å²) in [4.78, 5) is 2.29. The van der Waals surface area contributed by atoms with Crippen molar-refractivity contribution in [2.75, 3.05) is 7.05 Å². The van der Waals surface area contributed by atoms with Crippen LogP contribution in [0.25, 0.3) is 0 Å². The molecule has 1 aliphatic carbocycles. The molecular formula is C17H22N2O. The van der Waals surface area contributed by atoms with Crippen LogP contribution in [0.15, 0.2) is 47.3 Å². The zero-order valence-corrected chi connectivity index (χ0v) is 12.0. The van der Waals surface area contributed by atoms with Gasteiger partial charge in [0.05, 0.1) is 12.5 Å². The van der Waals surface area contributed by atoms with Crippen molar-refractivity contribution in [2.24, 2.45) is 0 Å². The molecule has 0 unspecified atom stereocenters. The van der Waals surface area contributed by atoms with Gasteiger partial charge >= 0.3 is 0 Å². The third-order valence-electron chi connectivity index (χ3n) is 3.68. The van der Waals surface area contributed by atoms with Crippen molar-refractivity contribution in [3.8, 4) is 0 Å². The van der Waals surface area contributed by atoms with Gasteiger partial charge in [-0.1, -0.05) is 24.3 Å². The molecule has 0 amide bonds. The summed E-state index contributed by atoms with van der Waals surface area (Å²) in [7, 11) is 2.13. The second kappa shape index (κ2) is 6.25. The summed E-state index contributed by atoms with van der Waals surface area (Å²) in [5.74, 6) is 0. The zero-order chi connectivity index (χ0) is 13.8. The fraction of sp³-hybridized carbons (Fsp3) is 0.412. The van der Waals surface area contributed by atoms with Gasteiger partial charge in [-0.3, -0.25) is 4.90 Å². The lowest BCUT2D eigenvalue weighted by Gasteiger charge is -2.16. The van der Waals surface area contributed by atoms with Gasteiger partial charge in [0.2, 0.25) is 0 Å². The lowest BCUT2D eigenvalue weighted by Crippen LogP contribution is -2.17. The lowest BCUT2D eigenvalue weighted by atomic mass is 10.1. The van der Waals surface area contributed by atoms with Gasteiger partial charge in [0, 0.05) is 31.2 Å². The molecule has 1 aliphatic rings. The molecule has 3 heteroatoms. The summed E-state index contributed by atoms with van der Waals surface area (Å²) >= 11 is 0. The van der Waals surface area contributed by atoms with Gasteiger partial charge < -0.3 is 9.73 Å². The first kappa shape index (κ1) is 13.4. The smallest absolute Gasteiger partial charge is 0.0947 e. The zero-order valence-electron chi connectivity index (χ0n) is 12.0. The highest BCUT2D eigenvalue weighted by atomic mass is 16.3. The summed E-state index contributed by atoms with van der Waals surface area (Å²) < 4.78 is 5.10. The summed E-state index contributed by atoms with van der Waals surface area (Å²) in [5.41, 5.74) is 3.95. The van der Waals surface area contributed by atoms with Crippen molar-refractivity contribution in [1.29, 1.82) is 0 Å². The number of furan rings is 1. The van der Waals surface area contributed by atoms with Crippen molar-refractivity contribution >= 4 is 0 Å². The Balaban J connectivity index is 1.48. The van der Waals surface area contributed by atoms with Crippen LogP contribution in [0.1, 0.15) is 29.5 Å². The molecule has 1 aromatic heterocycles. The van der Waals surface area contributed by atoms with E-state index < -0.39 is 0 Å². The normalized spacial score (nSPS) is 14.9. The SMILES string of the molecule is CN(Cc1ccc(CNC2CC2)cc1)Cc1ccoc1. The van der Waals surface area contributed by atoms with Crippen LogP contribution >= 0.6 is 0 Å². The van der Waals surface area contributed by atoms with Crippen molar-refractivity contribution in [2.45, 2.75) is 38.5 Å². The van der Waals surface area contributed by atoms with E-state index in [1.807, 2.05) is 12.3 Å². The summed E-state index contributed by atoms with van der Waals surface area (Å²) in [6.07, 6.45) is 6.22. The average molecular weight is 270 g/mol. The monoisotopic (exact) mass is 270 g/mol. The van der Waals surface area contributed by atoms with Crippen LogP contribution in [-0.4, -0.2) is 18.0 Å². The van der Waals surface area contributed by atoms with Gasteiger partial charge in [0.15, 0.2) is 0 Å². The van der Waals surface area contributed by atoms with Crippen LogP contribution < -0.4 is 5.32 Å². The Morgan fingerprint density at radius 1 is 1.05 bits per heavy atom. The minimum atomic E-state index is 0.774. The molecule has 1 fully saturated rings. The molecule has 0 bridgehead atoms. The van der Waals surface area contributed by atoms with Crippen LogP contribution in [0.4, 0.5) is 0 Å². The van der Waals surface area contributed by atoms with E-state index in [0.717, 1.165) is 25.7 Å². The quantitative estimate of drug-likeness (QED) is 0.837. The van der Waals surface area contributed by atoms with Crippen LogP contribution in [-0.2, 0) is 19.6 Å². The van der Waals surface area contributed by atoms with E-state index >= 15 is 0 Å². The summed E-state index contributed by atoms with van der Waals surface area (Å²) in [6, 6.07) is 11.7. The van der Waals surface area contributed by atoms with Gasteiger partial charge in [0.1, 0.15) is 0 Å². The van der Waals surface area contributed by atoms with Gasteiger partial charge in [-0.05, 0) is 37.1 Å². The topological polar surface area (TPSA) is 28.4 Å². The lowest BCUT2D eigenvalue weighted by molar-refractivity contribution is 0.318. The molecule has 0 spiro atoms. The summed E-state index contributed by atoms with van der Waals surface area (Å²) in [6.45, 7) is 2.87. The fourth-order valence-corrected chi connectivity index (χ4v) is 2.37. The number of nitrogens with zero attached hydrogens (tertiary/aromatic N) is 1. The maximum atomic E-state index is 5.10. The first-order valence-electron chi connectivity index (χ1n) is 7.30. The van der Waals surface area contributed by atoms with E-state index in [9.17, 15) is 0 Å². The van der Waals surface area contributed by atoms with Crippen LogP contribution in [0.5, 0.6) is 0 Å². The van der Waals surface area contributed by atoms with Crippen molar-refractivity contribution in [3.05, 3.63) is 59.5 Å². The van der Waals surface area contributed by atoms with Gasteiger partial charge in [-0.15, -0.1) is 0 Å². The number of rotatable bonds is 7. The Morgan fingerprint density at radius 3 is 2.40 bits per heavy atom. The Labute approximate surface area is 120 Å². The Kier molecular flexibility index (Phi) is 4.19. The average Bonchev–Trinajstić information content (AvgIpc) is 3.14. The Bertz CT molecular complexity index is 514. The highest BCUT2D eigenvalue weighted by Crippen LogP contribution is 2.19. The molecule has 2 aromatic rings. The van der Waals surface area contributed by atoms with E-state index in [2.05, 4.69) is 41.5 Å². The maximum Gasteiger partial charge on any atom is 0.0947 e. The molecule has 1 saturated carbocycles. The number of hydrogen-bond acceptors (Lipinski definition) is 3. The molecule has 1 heterocycles. The minimum absolute atomic E-state index is 0.774. The molecule has 0 radical (unpaired) electrons. The second-order valence-electron chi connectivity index (χ2n) is 5.78. The van der Waals surface area contributed by atoms with Crippen molar-refractivity contribution in [1.82, 2.24) is 10.2 Å². The van der Waals surface area contributed by atoms with Gasteiger partial charge in [-0.25, -0.2) is 0 Å². The van der Waals surface area contributed by atoms with Crippen LogP contribution in [0.3, 0.4) is 0 Å². The van der Waals surface area contributed by atoms with E-state index in [1.165, 1.54) is 29.5 Å².